The van der Waals surface area contributed by atoms with Crippen LogP contribution in [0.1, 0.15) is 13.8 Å². The zero-order valence-electron chi connectivity index (χ0n) is 16.3. The summed E-state index contributed by atoms with van der Waals surface area (Å²) in [6.07, 6.45) is 1.68. The number of nitrogens with two attached hydrogens (primary N) is 2. The van der Waals surface area contributed by atoms with Crippen LogP contribution in [0, 0.1) is 0 Å². The van der Waals surface area contributed by atoms with Gasteiger partial charge in [0, 0.05) is 27.7 Å². The van der Waals surface area contributed by atoms with Gasteiger partial charge in [0.1, 0.15) is 0 Å². The molecule has 10 nitrogen and oxygen atoms in total. The van der Waals surface area contributed by atoms with Crippen LogP contribution in [0.5, 0.6) is 0 Å². The average Bonchev–Trinajstić information content (AvgIpc) is 3.41. The van der Waals surface area contributed by atoms with Crippen LogP contribution in [0.3, 0.4) is 0 Å². The van der Waals surface area contributed by atoms with Crippen molar-refractivity contribution >= 4 is 12.1 Å². The second kappa shape index (κ2) is 37.6. The first kappa shape index (κ1) is 33.9. The van der Waals surface area contributed by atoms with Crippen molar-refractivity contribution in [3.8, 4) is 0 Å². The van der Waals surface area contributed by atoms with E-state index in [2.05, 4.69) is 39.3 Å². The van der Waals surface area contributed by atoms with Crippen LogP contribution in [0.15, 0.2) is 4.99 Å². The summed E-state index contributed by atoms with van der Waals surface area (Å²) in [4.78, 5) is 21.8. The Morgan fingerprint density at radius 3 is 1.58 bits per heavy atom. The van der Waals surface area contributed by atoms with Crippen molar-refractivity contribution in [1.29, 1.82) is 0 Å². The molecule has 2 atom stereocenters. The number of ether oxygens (including phenoxy) is 1. The minimum absolute atomic E-state index is 0.157. The van der Waals surface area contributed by atoms with Crippen molar-refractivity contribution in [2.75, 3.05) is 55.4 Å². The zero-order valence-corrected chi connectivity index (χ0v) is 16.3. The summed E-state index contributed by atoms with van der Waals surface area (Å²) in [5.74, 6) is 0. The lowest BCUT2D eigenvalue weighted by Gasteiger charge is -1.97. The van der Waals surface area contributed by atoms with Gasteiger partial charge in [-0.15, -0.1) is 0 Å². The Hall–Kier alpha value is -1.55. The maximum Gasteiger partial charge on any atom is 0.314 e. The van der Waals surface area contributed by atoms with Crippen LogP contribution >= 0.6 is 0 Å². The molecular weight excluding hydrogens is 316 g/mol. The van der Waals surface area contributed by atoms with Gasteiger partial charge in [-0.05, 0) is 35.0 Å². The van der Waals surface area contributed by atoms with Crippen molar-refractivity contribution in [2.45, 2.75) is 26.1 Å². The van der Waals surface area contributed by atoms with E-state index < -0.39 is 0 Å². The Labute approximate surface area is 146 Å². The van der Waals surface area contributed by atoms with Gasteiger partial charge in [-0.3, -0.25) is 0 Å². The Balaban J connectivity index is -0.0000000631. The van der Waals surface area contributed by atoms with Crippen molar-refractivity contribution in [3.63, 3.8) is 0 Å². The van der Waals surface area contributed by atoms with Gasteiger partial charge in [-0.1, -0.05) is 0 Å². The predicted octanol–water partition coefficient (Wildman–Crippen LogP) is -1.36. The Morgan fingerprint density at radius 1 is 1.29 bits per heavy atom. The molecule has 24 heavy (non-hydrogen) atoms. The normalized spacial score (nSPS) is 13.2. The molecule has 0 saturated carbocycles. The number of amides is 2. The first-order valence-corrected chi connectivity index (χ1v) is 7.34. The van der Waals surface area contributed by atoms with Gasteiger partial charge in [0.15, 0.2) is 0 Å². The molecule has 8 N–H and O–H groups in total. The number of nitrogens with zero attached hydrogens (tertiary/aromatic N) is 1. The van der Waals surface area contributed by atoms with Crippen molar-refractivity contribution in [1.82, 2.24) is 16.0 Å². The molecular formula is C14H38N6O4. The third-order valence-corrected chi connectivity index (χ3v) is 1.54. The molecule has 0 radical (unpaired) electrons. The maximum atomic E-state index is 9.96. The van der Waals surface area contributed by atoms with Gasteiger partial charge < -0.3 is 37.3 Å². The molecule has 1 aliphatic rings. The van der Waals surface area contributed by atoms with Crippen LogP contribution in [0.25, 0.3) is 0 Å². The number of likely N-dealkylation sites (N-methyl/N-ethyl adjacent to an activating group) is 1. The second-order valence-electron chi connectivity index (χ2n) is 3.69. The fourth-order valence-corrected chi connectivity index (χ4v) is 0.517. The molecule has 0 aromatic rings. The molecule has 1 heterocycles. The number of hydrogen-bond acceptors (Lipinski definition) is 8. The fourth-order valence-electron chi connectivity index (χ4n) is 0.517. The molecule has 1 rings (SSSR count). The van der Waals surface area contributed by atoms with Gasteiger partial charge in [0.05, 0.1) is 18.8 Å². The number of aliphatic imine (C=N–C) groups is 1. The highest BCUT2D eigenvalue weighted by atomic mass is 16.6. The number of aliphatic hydroxyl groups is 1. The summed E-state index contributed by atoms with van der Waals surface area (Å²) in [6, 6.07) is -0.157. The van der Waals surface area contributed by atoms with Crippen molar-refractivity contribution in [2.24, 2.45) is 16.5 Å². The zero-order chi connectivity index (χ0) is 20.4. The number of carbonyl (C=O) groups excluding carboxylic acids is 2. The molecule has 10 heteroatoms. The molecule has 148 valence electrons. The monoisotopic (exact) mass is 354 g/mol. The largest absolute Gasteiger partial charge is 0.392 e. The van der Waals surface area contributed by atoms with Crippen LogP contribution in [-0.2, 0) is 9.53 Å². The van der Waals surface area contributed by atoms with Gasteiger partial charge in [0.25, 0.3) is 0 Å². The van der Waals surface area contributed by atoms with E-state index in [1.54, 1.807) is 21.0 Å². The highest BCUT2D eigenvalue weighted by molar-refractivity contribution is 5.72. The van der Waals surface area contributed by atoms with E-state index in [9.17, 15) is 4.79 Å². The molecule has 0 bridgehead atoms. The van der Waals surface area contributed by atoms with Crippen LogP contribution < -0.4 is 27.4 Å². The Bertz CT molecular complexity index is 252. The lowest BCUT2D eigenvalue weighted by Crippen LogP contribution is -2.28. The van der Waals surface area contributed by atoms with E-state index in [1.807, 2.05) is 7.05 Å². The van der Waals surface area contributed by atoms with Crippen LogP contribution in [0.4, 0.5) is 4.79 Å². The SMILES string of the molecule is CC1CO1.CN.CN.CN=C=O.CNC(=O)NC.CNCC(C)O. The smallest absolute Gasteiger partial charge is 0.314 e. The second-order valence-corrected chi connectivity index (χ2v) is 3.69. The standard InChI is InChI=1S/C4H11NO.C3H8N2O.C3H6O.C2H3NO.2CH5N/c1-4(6)3-5-2;1-4-3(6)5-2;1-3-2-4-3;1-3-2-4;2*1-2/h4-6H,3H2,1-2H3;1-2H3,(H2,4,5,6);3H,2H2,1H3;1H3;2*2H2,1H3. The predicted molar refractivity (Wildman–Crippen MR) is 98.8 cm³/mol. The first-order chi connectivity index (χ1) is 11.4. The molecule has 2 unspecified atom stereocenters. The quantitative estimate of drug-likeness (QED) is 0.202. The first-order valence-electron chi connectivity index (χ1n) is 7.34. The lowest BCUT2D eigenvalue weighted by atomic mass is 10.4. The Kier molecular flexibility index (Phi) is 53.1. The number of urea groups is 1. The summed E-state index contributed by atoms with van der Waals surface area (Å²) in [6.45, 7) is 5.47. The minimum atomic E-state index is -0.213. The molecule has 0 aromatic carbocycles. The third kappa shape index (κ3) is 86.6. The number of hydrogen-bond donors (Lipinski definition) is 6. The molecule has 0 aliphatic carbocycles. The number of rotatable bonds is 2. The average molecular weight is 354 g/mol. The number of epoxide rings is 1. The number of aliphatic hydroxyl groups excluding tert-OH is 1. The summed E-state index contributed by atoms with van der Waals surface area (Å²) in [5, 5.41) is 16.0. The summed E-state index contributed by atoms with van der Waals surface area (Å²) in [7, 11) is 9.33. The number of carbonyl (C=O) groups is 1. The minimum Gasteiger partial charge on any atom is -0.392 e. The molecule has 2 amide bonds. The summed E-state index contributed by atoms with van der Waals surface area (Å²) >= 11 is 0. The summed E-state index contributed by atoms with van der Waals surface area (Å²) in [5.41, 5.74) is 9.00. The molecule has 0 spiro atoms. The topological polar surface area (TPSA) is 167 Å². The molecule has 1 saturated heterocycles. The highest BCUT2D eigenvalue weighted by Gasteiger charge is 2.13. The van der Waals surface area contributed by atoms with Gasteiger partial charge in [-0.25, -0.2) is 14.6 Å². The van der Waals surface area contributed by atoms with E-state index in [4.69, 9.17) is 14.6 Å². The molecule has 1 fully saturated rings. The van der Waals surface area contributed by atoms with Crippen LogP contribution in [0.2, 0.25) is 0 Å². The van der Waals surface area contributed by atoms with E-state index in [1.165, 1.54) is 27.2 Å². The van der Waals surface area contributed by atoms with Crippen LogP contribution in [-0.4, -0.2) is 84.9 Å². The van der Waals surface area contributed by atoms with E-state index in [0.29, 0.717) is 12.6 Å². The Morgan fingerprint density at radius 2 is 1.58 bits per heavy atom. The molecule has 1 aliphatic heterocycles. The summed E-state index contributed by atoms with van der Waals surface area (Å²) < 4.78 is 4.71. The van der Waals surface area contributed by atoms with Gasteiger partial charge in [-0.2, -0.15) is 0 Å². The van der Waals surface area contributed by atoms with Crippen molar-refractivity contribution in [3.05, 3.63) is 0 Å². The lowest BCUT2D eigenvalue weighted by molar-refractivity contribution is 0.194. The van der Waals surface area contributed by atoms with E-state index >= 15 is 0 Å². The third-order valence-electron chi connectivity index (χ3n) is 1.54. The van der Waals surface area contributed by atoms with Gasteiger partial charge >= 0.3 is 6.03 Å². The van der Waals surface area contributed by atoms with E-state index in [0.717, 1.165) is 6.61 Å². The highest BCUT2D eigenvalue weighted by Crippen LogP contribution is 2.04. The fraction of sp³-hybridized carbons (Fsp3) is 0.857. The number of nitrogens with one attached hydrogen (secondary N) is 3. The van der Waals surface area contributed by atoms with Crippen molar-refractivity contribution < 1.29 is 19.4 Å². The van der Waals surface area contributed by atoms with E-state index in [-0.39, 0.29) is 12.1 Å². The molecule has 0 aromatic heterocycles. The number of isocyanates is 1. The maximum absolute atomic E-state index is 9.96. The van der Waals surface area contributed by atoms with Gasteiger partial charge in [0.2, 0.25) is 6.08 Å².